The van der Waals surface area contributed by atoms with E-state index in [1.54, 1.807) is 0 Å². The Bertz CT molecular complexity index is 461. The van der Waals surface area contributed by atoms with Gasteiger partial charge in [-0.1, -0.05) is 0 Å². The van der Waals surface area contributed by atoms with Crippen molar-refractivity contribution in [3.05, 3.63) is 30.5 Å². The standard InChI is InChI=1S/C10H11N3O/c1-13-5-4-8-6-9(12-11-7-14)2-3-10(8)13/h2-7,12H,1H3,(H,11,14). The summed E-state index contributed by atoms with van der Waals surface area (Å²) in [6.45, 7) is 0. The monoisotopic (exact) mass is 189 g/mol. The number of amides is 1. The lowest BCUT2D eigenvalue weighted by molar-refractivity contribution is -0.109. The van der Waals surface area contributed by atoms with Crippen molar-refractivity contribution in [2.45, 2.75) is 0 Å². The topological polar surface area (TPSA) is 46.1 Å². The molecule has 4 heteroatoms. The maximum atomic E-state index is 10.1. The number of aromatic nitrogens is 1. The van der Waals surface area contributed by atoms with Gasteiger partial charge in [0.15, 0.2) is 0 Å². The highest BCUT2D eigenvalue weighted by molar-refractivity contribution is 5.83. The van der Waals surface area contributed by atoms with E-state index in [0.29, 0.717) is 6.41 Å². The van der Waals surface area contributed by atoms with Crippen molar-refractivity contribution in [3.63, 3.8) is 0 Å². The Balaban J connectivity index is 2.36. The molecule has 1 aromatic carbocycles. The van der Waals surface area contributed by atoms with Crippen LogP contribution in [0.25, 0.3) is 10.9 Å². The van der Waals surface area contributed by atoms with Crippen molar-refractivity contribution >= 4 is 23.0 Å². The zero-order chi connectivity index (χ0) is 9.97. The lowest BCUT2D eigenvalue weighted by Crippen LogP contribution is -2.18. The second kappa shape index (κ2) is 3.41. The first-order chi connectivity index (χ1) is 6.81. The van der Waals surface area contributed by atoms with E-state index in [1.165, 1.54) is 5.52 Å². The first-order valence-electron chi connectivity index (χ1n) is 4.31. The highest BCUT2D eigenvalue weighted by Crippen LogP contribution is 2.18. The van der Waals surface area contributed by atoms with Crippen LogP contribution in [0.3, 0.4) is 0 Å². The minimum atomic E-state index is 0.606. The summed E-state index contributed by atoms with van der Waals surface area (Å²) in [6.07, 6.45) is 2.61. The highest BCUT2D eigenvalue weighted by Gasteiger charge is 1.98. The summed E-state index contributed by atoms with van der Waals surface area (Å²) >= 11 is 0. The molecule has 1 amide bonds. The van der Waals surface area contributed by atoms with Gasteiger partial charge in [-0.15, -0.1) is 0 Å². The van der Waals surface area contributed by atoms with Gasteiger partial charge in [-0.2, -0.15) is 0 Å². The molecule has 0 atom stereocenters. The number of rotatable bonds is 3. The molecule has 1 aromatic heterocycles. The van der Waals surface area contributed by atoms with Gasteiger partial charge < -0.3 is 4.57 Å². The number of fused-ring (bicyclic) bond motifs is 1. The maximum absolute atomic E-state index is 10.1. The number of carbonyl (C=O) groups is 1. The molecule has 0 aliphatic carbocycles. The Hall–Kier alpha value is -1.97. The molecule has 4 nitrogen and oxygen atoms in total. The third kappa shape index (κ3) is 1.42. The highest BCUT2D eigenvalue weighted by atomic mass is 16.1. The lowest BCUT2D eigenvalue weighted by Gasteiger charge is -2.04. The second-order valence-corrected chi connectivity index (χ2v) is 3.09. The summed E-state index contributed by atoms with van der Waals surface area (Å²) < 4.78 is 2.05. The fourth-order valence-corrected chi connectivity index (χ4v) is 1.47. The van der Waals surface area contributed by atoms with E-state index in [4.69, 9.17) is 0 Å². The van der Waals surface area contributed by atoms with Gasteiger partial charge in [-0.05, 0) is 24.3 Å². The van der Waals surface area contributed by atoms with E-state index < -0.39 is 0 Å². The van der Waals surface area contributed by atoms with E-state index in [2.05, 4.69) is 10.9 Å². The van der Waals surface area contributed by atoms with Crippen LogP contribution in [0.4, 0.5) is 5.69 Å². The molecule has 0 saturated heterocycles. The van der Waals surface area contributed by atoms with Crippen LogP contribution in [0, 0.1) is 0 Å². The Labute approximate surface area is 81.5 Å². The molecule has 0 saturated carbocycles. The molecule has 14 heavy (non-hydrogen) atoms. The normalized spacial score (nSPS) is 10.1. The Morgan fingerprint density at radius 2 is 2.21 bits per heavy atom. The predicted octanol–water partition coefficient (Wildman–Crippen LogP) is 1.25. The molecule has 0 spiro atoms. The molecule has 2 aromatic rings. The number of hydrogen-bond donors (Lipinski definition) is 2. The number of nitrogens with one attached hydrogen (secondary N) is 2. The molecular formula is C10H11N3O. The van der Waals surface area contributed by atoms with Gasteiger partial charge in [-0.3, -0.25) is 15.6 Å². The fraction of sp³-hybridized carbons (Fsp3) is 0.100. The summed E-state index contributed by atoms with van der Waals surface area (Å²) in [5.74, 6) is 0. The zero-order valence-corrected chi connectivity index (χ0v) is 7.82. The van der Waals surface area contributed by atoms with Crippen LogP contribution in [0.2, 0.25) is 0 Å². The van der Waals surface area contributed by atoms with Crippen molar-refractivity contribution in [2.75, 3.05) is 5.43 Å². The number of hydrogen-bond acceptors (Lipinski definition) is 2. The largest absolute Gasteiger partial charge is 0.351 e. The smallest absolute Gasteiger partial charge is 0.225 e. The molecule has 0 fully saturated rings. The van der Waals surface area contributed by atoms with Crippen LogP contribution in [-0.4, -0.2) is 11.0 Å². The number of anilines is 1. The molecule has 2 N–H and O–H groups in total. The summed E-state index contributed by atoms with van der Waals surface area (Å²) in [6, 6.07) is 7.93. The van der Waals surface area contributed by atoms with E-state index in [1.807, 2.05) is 42.1 Å². The molecule has 0 aliphatic heterocycles. The van der Waals surface area contributed by atoms with Gasteiger partial charge in [0, 0.05) is 24.1 Å². The lowest BCUT2D eigenvalue weighted by atomic mass is 10.2. The average Bonchev–Trinajstić information content (AvgIpc) is 2.57. The molecule has 1 heterocycles. The van der Waals surface area contributed by atoms with Crippen LogP contribution in [-0.2, 0) is 11.8 Å². The quantitative estimate of drug-likeness (QED) is 0.564. The summed E-state index contributed by atoms with van der Waals surface area (Å²) in [4.78, 5) is 10.1. The molecule has 0 unspecified atom stereocenters. The number of hydrazine groups is 1. The van der Waals surface area contributed by atoms with Crippen LogP contribution in [0.15, 0.2) is 30.5 Å². The maximum Gasteiger partial charge on any atom is 0.225 e. The van der Waals surface area contributed by atoms with E-state index in [9.17, 15) is 4.79 Å². The zero-order valence-electron chi connectivity index (χ0n) is 7.82. The average molecular weight is 189 g/mol. The molecule has 0 aliphatic rings. The molecule has 0 bridgehead atoms. The van der Waals surface area contributed by atoms with E-state index in [0.717, 1.165) is 11.1 Å². The number of aryl methyl sites for hydroxylation is 1. The van der Waals surface area contributed by atoms with Gasteiger partial charge in [-0.25, -0.2) is 0 Å². The van der Waals surface area contributed by atoms with Crippen LogP contribution in [0.1, 0.15) is 0 Å². The summed E-state index contributed by atoms with van der Waals surface area (Å²) in [5, 5.41) is 1.14. The van der Waals surface area contributed by atoms with Gasteiger partial charge in [0.2, 0.25) is 6.41 Å². The van der Waals surface area contributed by atoms with Crippen molar-refractivity contribution in [1.82, 2.24) is 9.99 Å². The van der Waals surface area contributed by atoms with Gasteiger partial charge in [0.25, 0.3) is 0 Å². The Morgan fingerprint density at radius 3 is 3.00 bits per heavy atom. The number of benzene rings is 1. The molecule has 0 radical (unpaired) electrons. The molecular weight excluding hydrogens is 178 g/mol. The molecule has 72 valence electrons. The first-order valence-corrected chi connectivity index (χ1v) is 4.31. The number of carbonyl (C=O) groups excluding carboxylic acids is 1. The van der Waals surface area contributed by atoms with E-state index >= 15 is 0 Å². The van der Waals surface area contributed by atoms with Crippen molar-refractivity contribution < 1.29 is 4.79 Å². The first kappa shape index (κ1) is 8.62. The minimum Gasteiger partial charge on any atom is -0.351 e. The minimum absolute atomic E-state index is 0.606. The van der Waals surface area contributed by atoms with Crippen molar-refractivity contribution in [1.29, 1.82) is 0 Å². The Kier molecular flexibility index (Phi) is 2.10. The predicted molar refractivity (Wildman–Crippen MR) is 55.7 cm³/mol. The van der Waals surface area contributed by atoms with Crippen LogP contribution >= 0.6 is 0 Å². The van der Waals surface area contributed by atoms with Gasteiger partial charge >= 0.3 is 0 Å². The molecule has 2 rings (SSSR count). The van der Waals surface area contributed by atoms with Gasteiger partial charge in [0.1, 0.15) is 0 Å². The summed E-state index contributed by atoms with van der Waals surface area (Å²) in [5.41, 5.74) is 7.21. The van der Waals surface area contributed by atoms with Gasteiger partial charge in [0.05, 0.1) is 5.69 Å². The van der Waals surface area contributed by atoms with Crippen molar-refractivity contribution in [2.24, 2.45) is 7.05 Å². The SMILES string of the molecule is Cn1ccc2cc(NNC=O)ccc21. The Morgan fingerprint density at radius 1 is 1.36 bits per heavy atom. The fourth-order valence-electron chi connectivity index (χ4n) is 1.47. The second-order valence-electron chi connectivity index (χ2n) is 3.09. The third-order valence-corrected chi connectivity index (χ3v) is 2.16. The van der Waals surface area contributed by atoms with Crippen LogP contribution < -0.4 is 10.9 Å². The van der Waals surface area contributed by atoms with Crippen LogP contribution in [0.5, 0.6) is 0 Å². The van der Waals surface area contributed by atoms with Crippen molar-refractivity contribution in [3.8, 4) is 0 Å². The number of nitrogens with zero attached hydrogens (tertiary/aromatic N) is 1. The third-order valence-electron chi connectivity index (χ3n) is 2.16. The summed E-state index contributed by atoms with van der Waals surface area (Å²) in [7, 11) is 2.00. The van der Waals surface area contributed by atoms with E-state index in [-0.39, 0.29) is 0 Å².